The van der Waals surface area contributed by atoms with Crippen molar-refractivity contribution in [1.82, 2.24) is 10.2 Å². The van der Waals surface area contributed by atoms with Crippen LogP contribution in [0.5, 0.6) is 0 Å². The van der Waals surface area contributed by atoms with Crippen LogP contribution in [0.25, 0.3) is 0 Å². The molecule has 1 aliphatic heterocycles. The Bertz CT molecular complexity index is 1440. The highest BCUT2D eigenvalue weighted by molar-refractivity contribution is 8.01. The average Bonchev–Trinajstić information content (AvgIpc) is 3.75. The number of azo groups is 1. The summed E-state index contributed by atoms with van der Waals surface area (Å²) in [7, 11) is 0. The van der Waals surface area contributed by atoms with Gasteiger partial charge < -0.3 is 15.6 Å². The second kappa shape index (κ2) is 14.7. The van der Waals surface area contributed by atoms with E-state index < -0.39 is 0 Å². The Kier molecular flexibility index (Phi) is 10.5. The number of aryl methyl sites for hydroxylation is 2. The molecule has 0 aliphatic carbocycles. The molecule has 0 atom stereocenters. The lowest BCUT2D eigenvalue weighted by Gasteiger charge is -2.15. The molecule has 216 valence electrons. The standard InChI is InChI=1S/C30H38N8S3/c1-4-5-6-9-18-39-30-37-36-29(41-30)35-33-26-13-10-23(19-22(26)3)31-25-12-11-24(20-21(25)2)32-34-27-14-15-28(40-27)38-16-7-8-17-38/h10-15,19-20,31-32,34H,4-9,16-18H2,1-3H3. The number of thiophene rings is 1. The molecule has 5 rings (SSSR count). The summed E-state index contributed by atoms with van der Waals surface area (Å²) >= 11 is 5.04. The van der Waals surface area contributed by atoms with Crippen LogP contribution in [0.15, 0.2) is 63.1 Å². The molecule has 1 saturated heterocycles. The quantitative estimate of drug-likeness (QED) is 0.0569. The molecule has 8 nitrogen and oxygen atoms in total. The molecule has 0 unspecified atom stereocenters. The maximum atomic E-state index is 4.44. The number of thioether (sulfide) groups is 1. The van der Waals surface area contributed by atoms with Gasteiger partial charge in [0.2, 0.25) is 0 Å². The molecule has 11 heteroatoms. The normalized spacial score (nSPS) is 13.3. The van der Waals surface area contributed by atoms with Crippen LogP contribution in [0.4, 0.5) is 37.9 Å². The Morgan fingerprint density at radius 3 is 2.49 bits per heavy atom. The highest BCUT2D eigenvalue weighted by atomic mass is 32.2. The zero-order chi connectivity index (χ0) is 28.4. The highest BCUT2D eigenvalue weighted by Gasteiger charge is 2.14. The number of nitrogens with zero attached hydrogens (tertiary/aromatic N) is 5. The molecule has 0 spiro atoms. The first-order valence-electron chi connectivity index (χ1n) is 14.3. The fourth-order valence-corrected chi connectivity index (χ4v) is 7.25. The summed E-state index contributed by atoms with van der Waals surface area (Å²) in [5.74, 6) is 1.07. The molecule has 0 amide bonds. The number of hydrazine groups is 1. The molecule has 0 saturated carbocycles. The third-order valence-corrected chi connectivity index (χ3v) is 9.99. The van der Waals surface area contributed by atoms with Gasteiger partial charge in [0, 0.05) is 30.2 Å². The predicted molar refractivity (Wildman–Crippen MR) is 178 cm³/mol. The zero-order valence-corrected chi connectivity index (χ0v) is 26.4. The van der Waals surface area contributed by atoms with Crippen LogP contribution >= 0.6 is 34.4 Å². The molecule has 0 bridgehead atoms. The smallest absolute Gasteiger partial charge is 0.252 e. The minimum Gasteiger partial charge on any atom is -0.363 e. The van der Waals surface area contributed by atoms with Gasteiger partial charge in [-0.3, -0.25) is 5.43 Å². The maximum absolute atomic E-state index is 4.44. The van der Waals surface area contributed by atoms with Crippen LogP contribution in [0, 0.1) is 13.8 Å². The SMILES string of the molecule is CCCCCCSc1nnc(N=Nc2ccc(Nc3ccc(NNc4ccc(N5CCCC5)s4)cc3C)cc2C)s1. The van der Waals surface area contributed by atoms with Gasteiger partial charge in [-0.1, -0.05) is 60.6 Å². The molecule has 1 fully saturated rings. The van der Waals surface area contributed by atoms with E-state index in [1.165, 1.54) is 54.9 Å². The number of unbranched alkanes of at least 4 members (excludes halogenated alkanes) is 3. The number of rotatable bonds is 14. The average molecular weight is 607 g/mol. The second-order valence-electron chi connectivity index (χ2n) is 10.2. The summed E-state index contributed by atoms with van der Waals surface area (Å²) in [6, 6.07) is 16.8. The minimum atomic E-state index is 0.590. The molecule has 0 radical (unpaired) electrons. The van der Waals surface area contributed by atoms with Crippen molar-refractivity contribution in [3.05, 3.63) is 59.7 Å². The van der Waals surface area contributed by atoms with Crippen LogP contribution in [-0.2, 0) is 0 Å². The number of nitrogens with one attached hydrogen (secondary N) is 3. The van der Waals surface area contributed by atoms with Gasteiger partial charge in [-0.25, -0.2) is 0 Å². The summed E-state index contributed by atoms with van der Waals surface area (Å²) in [5.41, 5.74) is 12.8. The molecule has 2 aromatic carbocycles. The first kappa shape index (κ1) is 29.3. The fraction of sp³-hybridized carbons (Fsp3) is 0.400. The summed E-state index contributed by atoms with van der Waals surface area (Å²) in [5, 5.41) is 23.8. The van der Waals surface area contributed by atoms with E-state index in [0.717, 1.165) is 62.1 Å². The lowest BCUT2D eigenvalue weighted by atomic mass is 10.1. The van der Waals surface area contributed by atoms with Crippen molar-refractivity contribution in [3.63, 3.8) is 0 Å². The molecule has 3 N–H and O–H groups in total. The number of hydrogen-bond acceptors (Lipinski definition) is 11. The number of hydrogen-bond donors (Lipinski definition) is 3. The zero-order valence-electron chi connectivity index (χ0n) is 23.9. The molecular weight excluding hydrogens is 569 g/mol. The molecule has 41 heavy (non-hydrogen) atoms. The second-order valence-corrected chi connectivity index (χ2v) is 13.6. The Balaban J connectivity index is 1.12. The first-order chi connectivity index (χ1) is 20.1. The van der Waals surface area contributed by atoms with Crippen LogP contribution in [-0.4, -0.2) is 29.0 Å². The van der Waals surface area contributed by atoms with Crippen LogP contribution in [0.1, 0.15) is 56.6 Å². The Morgan fingerprint density at radius 1 is 0.854 bits per heavy atom. The molecule has 4 aromatic rings. The van der Waals surface area contributed by atoms with Gasteiger partial charge in [0.05, 0.1) is 16.4 Å². The maximum Gasteiger partial charge on any atom is 0.252 e. The third kappa shape index (κ3) is 8.43. The van der Waals surface area contributed by atoms with Gasteiger partial charge in [-0.2, -0.15) is 0 Å². The lowest BCUT2D eigenvalue weighted by Crippen LogP contribution is -2.15. The van der Waals surface area contributed by atoms with E-state index in [-0.39, 0.29) is 0 Å². The summed E-state index contributed by atoms with van der Waals surface area (Å²) < 4.78 is 0.956. The number of aromatic nitrogens is 2. The molecule has 1 aliphatic rings. The van der Waals surface area contributed by atoms with Gasteiger partial charge in [-0.05, 0) is 92.8 Å². The third-order valence-electron chi connectivity index (χ3n) is 6.90. The monoisotopic (exact) mass is 606 g/mol. The van der Waals surface area contributed by atoms with Crippen LogP contribution in [0.2, 0.25) is 0 Å². The van der Waals surface area contributed by atoms with Crippen LogP contribution < -0.4 is 21.1 Å². The Labute approximate surface area is 255 Å². The van der Waals surface area contributed by atoms with Crippen molar-refractivity contribution >= 4 is 72.3 Å². The molecule has 3 heterocycles. The Morgan fingerprint density at radius 2 is 1.68 bits per heavy atom. The molecule has 2 aromatic heterocycles. The largest absolute Gasteiger partial charge is 0.363 e. The first-order valence-corrected chi connectivity index (χ1v) is 16.9. The summed E-state index contributed by atoms with van der Waals surface area (Å²) in [6.45, 7) is 8.71. The van der Waals surface area contributed by atoms with E-state index in [1.54, 1.807) is 23.1 Å². The van der Waals surface area contributed by atoms with Gasteiger partial charge in [0.25, 0.3) is 5.13 Å². The van der Waals surface area contributed by atoms with Crippen molar-refractivity contribution in [2.75, 3.05) is 39.9 Å². The summed E-state index contributed by atoms with van der Waals surface area (Å²) in [6.07, 6.45) is 7.61. The van der Waals surface area contributed by atoms with Gasteiger partial charge in [0.15, 0.2) is 4.34 Å². The molecular formula is C30H38N8S3. The number of anilines is 5. The van der Waals surface area contributed by atoms with Crippen molar-refractivity contribution in [2.24, 2.45) is 10.2 Å². The van der Waals surface area contributed by atoms with Gasteiger partial charge in [0.1, 0.15) is 5.00 Å². The van der Waals surface area contributed by atoms with Crippen molar-refractivity contribution in [1.29, 1.82) is 0 Å². The van der Waals surface area contributed by atoms with E-state index in [2.05, 4.69) is 91.7 Å². The summed E-state index contributed by atoms with van der Waals surface area (Å²) in [4.78, 5) is 2.46. The minimum absolute atomic E-state index is 0.590. The predicted octanol–water partition coefficient (Wildman–Crippen LogP) is 10.1. The topological polar surface area (TPSA) is 89.8 Å². The van der Waals surface area contributed by atoms with E-state index >= 15 is 0 Å². The van der Waals surface area contributed by atoms with E-state index in [1.807, 2.05) is 19.1 Å². The van der Waals surface area contributed by atoms with Crippen LogP contribution in [0.3, 0.4) is 0 Å². The fourth-order valence-electron chi connectivity index (χ4n) is 4.60. The van der Waals surface area contributed by atoms with E-state index in [9.17, 15) is 0 Å². The number of benzene rings is 2. The lowest BCUT2D eigenvalue weighted by molar-refractivity contribution is 0.706. The van der Waals surface area contributed by atoms with E-state index in [0.29, 0.717) is 5.13 Å². The van der Waals surface area contributed by atoms with Gasteiger partial charge >= 0.3 is 0 Å². The highest BCUT2D eigenvalue weighted by Crippen LogP contribution is 2.33. The van der Waals surface area contributed by atoms with Crippen molar-refractivity contribution in [2.45, 2.75) is 63.6 Å². The van der Waals surface area contributed by atoms with E-state index in [4.69, 9.17) is 0 Å². The van der Waals surface area contributed by atoms with Gasteiger partial charge in [-0.15, -0.1) is 20.4 Å². The Hall–Kier alpha value is -3.15. The van der Waals surface area contributed by atoms with Crippen molar-refractivity contribution in [3.8, 4) is 0 Å². The van der Waals surface area contributed by atoms with Crippen molar-refractivity contribution < 1.29 is 0 Å².